The highest BCUT2D eigenvalue weighted by Crippen LogP contribution is 2.29. The van der Waals surface area contributed by atoms with Crippen LogP contribution in [0.15, 0.2) is 30.5 Å². The summed E-state index contributed by atoms with van der Waals surface area (Å²) < 4.78 is 2.22. The van der Waals surface area contributed by atoms with E-state index in [0.29, 0.717) is 6.04 Å². The van der Waals surface area contributed by atoms with Crippen molar-refractivity contribution in [3.05, 3.63) is 41.7 Å². The molecule has 2 heterocycles. The van der Waals surface area contributed by atoms with Crippen LogP contribution in [0.4, 0.5) is 0 Å². The minimum absolute atomic E-state index is 0.555. The maximum absolute atomic E-state index is 4.65. The molecule has 0 atom stereocenters. The minimum Gasteiger partial charge on any atom is -0.317 e. The first-order valence-electron chi connectivity index (χ1n) is 7.08. The Balaban J connectivity index is 1.97. The van der Waals surface area contributed by atoms with Crippen LogP contribution in [0.2, 0.25) is 0 Å². The smallest absolute Gasteiger partial charge is 0.0571 e. The van der Waals surface area contributed by atoms with Gasteiger partial charge in [0.05, 0.1) is 12.2 Å². The third-order valence-corrected chi connectivity index (χ3v) is 4.13. The van der Waals surface area contributed by atoms with Crippen molar-refractivity contribution in [3.8, 4) is 11.1 Å². The van der Waals surface area contributed by atoms with Gasteiger partial charge >= 0.3 is 0 Å². The SMILES string of the molecule is Cc1ccccc1-c1cnn(C2CCNCC2)c1C. The molecule has 0 spiro atoms. The molecule has 1 aliphatic heterocycles. The van der Waals surface area contributed by atoms with E-state index in [1.54, 1.807) is 0 Å². The first kappa shape index (κ1) is 12.4. The molecule has 19 heavy (non-hydrogen) atoms. The zero-order chi connectivity index (χ0) is 13.2. The number of aryl methyl sites for hydroxylation is 1. The largest absolute Gasteiger partial charge is 0.317 e. The normalized spacial score (nSPS) is 16.7. The molecule has 100 valence electrons. The molecule has 0 bridgehead atoms. The van der Waals surface area contributed by atoms with Crippen molar-refractivity contribution in [1.82, 2.24) is 15.1 Å². The first-order valence-corrected chi connectivity index (χ1v) is 7.08. The van der Waals surface area contributed by atoms with E-state index in [1.165, 1.54) is 35.2 Å². The molecule has 0 aliphatic carbocycles. The van der Waals surface area contributed by atoms with E-state index >= 15 is 0 Å². The lowest BCUT2D eigenvalue weighted by molar-refractivity contribution is 0.338. The summed E-state index contributed by atoms with van der Waals surface area (Å²) in [4.78, 5) is 0. The summed E-state index contributed by atoms with van der Waals surface area (Å²) in [6, 6.07) is 9.09. The van der Waals surface area contributed by atoms with E-state index in [4.69, 9.17) is 0 Å². The second-order valence-electron chi connectivity index (χ2n) is 5.38. The lowest BCUT2D eigenvalue weighted by Gasteiger charge is -2.24. The highest BCUT2D eigenvalue weighted by Gasteiger charge is 2.19. The van der Waals surface area contributed by atoms with Crippen molar-refractivity contribution >= 4 is 0 Å². The van der Waals surface area contributed by atoms with Gasteiger partial charge in [-0.1, -0.05) is 24.3 Å². The van der Waals surface area contributed by atoms with Gasteiger partial charge in [0.25, 0.3) is 0 Å². The Morgan fingerprint density at radius 1 is 1.11 bits per heavy atom. The quantitative estimate of drug-likeness (QED) is 0.893. The Morgan fingerprint density at radius 2 is 1.84 bits per heavy atom. The molecule has 0 radical (unpaired) electrons. The number of aromatic nitrogens is 2. The highest BCUT2D eigenvalue weighted by molar-refractivity contribution is 5.68. The lowest BCUT2D eigenvalue weighted by atomic mass is 10.0. The second-order valence-corrected chi connectivity index (χ2v) is 5.38. The van der Waals surface area contributed by atoms with Gasteiger partial charge in [-0.2, -0.15) is 5.10 Å². The van der Waals surface area contributed by atoms with Gasteiger partial charge in [0, 0.05) is 11.3 Å². The molecule has 0 amide bonds. The maximum Gasteiger partial charge on any atom is 0.0571 e. The predicted molar refractivity (Wildman–Crippen MR) is 78.3 cm³/mol. The van der Waals surface area contributed by atoms with Gasteiger partial charge in [-0.3, -0.25) is 4.68 Å². The van der Waals surface area contributed by atoms with Gasteiger partial charge in [0.1, 0.15) is 0 Å². The number of nitrogens with zero attached hydrogens (tertiary/aromatic N) is 2. The fourth-order valence-corrected chi connectivity index (χ4v) is 2.98. The lowest BCUT2D eigenvalue weighted by Crippen LogP contribution is -2.30. The molecular weight excluding hydrogens is 234 g/mol. The maximum atomic E-state index is 4.65. The fraction of sp³-hybridized carbons (Fsp3) is 0.438. The average molecular weight is 255 g/mol. The molecule has 3 rings (SSSR count). The molecule has 1 saturated heterocycles. The summed E-state index contributed by atoms with van der Waals surface area (Å²) in [6.45, 7) is 6.56. The van der Waals surface area contributed by atoms with E-state index in [2.05, 4.69) is 53.2 Å². The Labute approximate surface area is 114 Å². The number of hydrogen-bond acceptors (Lipinski definition) is 2. The third-order valence-electron chi connectivity index (χ3n) is 4.13. The number of rotatable bonds is 2. The van der Waals surface area contributed by atoms with Gasteiger partial charge in [0.2, 0.25) is 0 Å². The van der Waals surface area contributed by atoms with Crippen LogP contribution in [0, 0.1) is 13.8 Å². The van der Waals surface area contributed by atoms with Gasteiger partial charge in [-0.25, -0.2) is 0 Å². The Hall–Kier alpha value is -1.61. The van der Waals surface area contributed by atoms with Crippen LogP contribution in [-0.4, -0.2) is 22.9 Å². The van der Waals surface area contributed by atoms with Crippen LogP contribution in [-0.2, 0) is 0 Å². The van der Waals surface area contributed by atoms with E-state index < -0.39 is 0 Å². The molecule has 1 aliphatic rings. The highest BCUT2D eigenvalue weighted by atomic mass is 15.3. The molecule has 2 aromatic rings. The van der Waals surface area contributed by atoms with Gasteiger partial charge < -0.3 is 5.32 Å². The summed E-state index contributed by atoms with van der Waals surface area (Å²) in [5.41, 5.74) is 5.19. The van der Waals surface area contributed by atoms with E-state index in [0.717, 1.165) is 13.1 Å². The second kappa shape index (κ2) is 5.17. The van der Waals surface area contributed by atoms with Gasteiger partial charge in [0.15, 0.2) is 0 Å². The zero-order valence-electron chi connectivity index (χ0n) is 11.7. The Morgan fingerprint density at radius 3 is 2.58 bits per heavy atom. The van der Waals surface area contributed by atoms with Crippen molar-refractivity contribution in [1.29, 1.82) is 0 Å². The van der Waals surface area contributed by atoms with Crippen LogP contribution in [0.25, 0.3) is 11.1 Å². The summed E-state index contributed by atoms with van der Waals surface area (Å²) >= 11 is 0. The topological polar surface area (TPSA) is 29.9 Å². The Kier molecular flexibility index (Phi) is 3.38. The van der Waals surface area contributed by atoms with Crippen LogP contribution in [0.1, 0.15) is 30.1 Å². The van der Waals surface area contributed by atoms with E-state index in [-0.39, 0.29) is 0 Å². The molecule has 1 N–H and O–H groups in total. The monoisotopic (exact) mass is 255 g/mol. The number of piperidine rings is 1. The number of nitrogens with one attached hydrogen (secondary N) is 1. The van der Waals surface area contributed by atoms with E-state index in [1.807, 2.05) is 6.20 Å². The molecule has 1 fully saturated rings. The molecule has 0 unspecified atom stereocenters. The Bertz CT molecular complexity index is 565. The standard InChI is InChI=1S/C16H21N3/c1-12-5-3-4-6-15(12)16-11-18-19(13(16)2)14-7-9-17-10-8-14/h3-6,11,14,17H,7-10H2,1-2H3. The van der Waals surface area contributed by atoms with Gasteiger partial charge in [-0.15, -0.1) is 0 Å². The van der Waals surface area contributed by atoms with Crippen LogP contribution >= 0.6 is 0 Å². The van der Waals surface area contributed by atoms with Crippen molar-refractivity contribution in [2.45, 2.75) is 32.7 Å². The molecular formula is C16H21N3. The summed E-state index contributed by atoms with van der Waals surface area (Å²) in [6.07, 6.45) is 4.38. The van der Waals surface area contributed by atoms with Crippen molar-refractivity contribution in [2.24, 2.45) is 0 Å². The number of benzene rings is 1. The fourth-order valence-electron chi connectivity index (χ4n) is 2.98. The van der Waals surface area contributed by atoms with E-state index in [9.17, 15) is 0 Å². The molecule has 3 heteroatoms. The van der Waals surface area contributed by atoms with Crippen molar-refractivity contribution < 1.29 is 0 Å². The van der Waals surface area contributed by atoms with Crippen LogP contribution in [0.5, 0.6) is 0 Å². The predicted octanol–water partition coefficient (Wildman–Crippen LogP) is 3.09. The summed E-state index contributed by atoms with van der Waals surface area (Å²) in [7, 11) is 0. The summed E-state index contributed by atoms with van der Waals surface area (Å²) in [5, 5.41) is 8.06. The third kappa shape index (κ3) is 2.30. The molecule has 1 aromatic carbocycles. The van der Waals surface area contributed by atoms with Crippen molar-refractivity contribution in [3.63, 3.8) is 0 Å². The summed E-state index contributed by atoms with van der Waals surface area (Å²) in [5.74, 6) is 0. The zero-order valence-corrected chi connectivity index (χ0v) is 11.7. The molecule has 3 nitrogen and oxygen atoms in total. The van der Waals surface area contributed by atoms with Crippen molar-refractivity contribution in [2.75, 3.05) is 13.1 Å². The van der Waals surface area contributed by atoms with Crippen LogP contribution in [0.3, 0.4) is 0 Å². The number of hydrogen-bond donors (Lipinski definition) is 1. The molecule has 0 saturated carbocycles. The first-order chi connectivity index (χ1) is 9.27. The minimum atomic E-state index is 0.555. The molecule has 1 aromatic heterocycles. The van der Waals surface area contributed by atoms with Gasteiger partial charge in [-0.05, 0) is 50.9 Å². The average Bonchev–Trinajstić information content (AvgIpc) is 2.82. The van der Waals surface area contributed by atoms with Crippen LogP contribution < -0.4 is 5.32 Å².